The lowest BCUT2D eigenvalue weighted by atomic mass is 10.2. The number of rotatable bonds is 3. The van der Waals surface area contributed by atoms with Crippen molar-refractivity contribution < 1.29 is 17.2 Å². The Hall–Kier alpha value is -2.12. The number of sulfone groups is 1. The Morgan fingerprint density at radius 2 is 1.96 bits per heavy atom. The van der Waals surface area contributed by atoms with Crippen LogP contribution in [0.25, 0.3) is 11.1 Å². The van der Waals surface area contributed by atoms with Gasteiger partial charge in [0.2, 0.25) is 0 Å². The van der Waals surface area contributed by atoms with Crippen LogP contribution in [-0.2, 0) is 22.6 Å². The van der Waals surface area contributed by atoms with E-state index in [-0.39, 0.29) is 21.3 Å². The quantitative estimate of drug-likeness (QED) is 0.724. The van der Waals surface area contributed by atoms with Crippen LogP contribution in [0.5, 0.6) is 0 Å². The molecule has 0 bridgehead atoms. The summed E-state index contributed by atoms with van der Waals surface area (Å²) in [5, 5.41) is -0.137. The van der Waals surface area contributed by atoms with E-state index in [1.54, 1.807) is 0 Å². The zero-order chi connectivity index (χ0) is 16.8. The van der Waals surface area contributed by atoms with E-state index >= 15 is 0 Å². The maximum Gasteiger partial charge on any atom is 0.419 e. The molecule has 0 saturated carbocycles. The topological polar surface area (TPSA) is 69.3 Å². The molecule has 1 aromatic heterocycles. The molecule has 0 aliphatic carbocycles. The van der Waals surface area contributed by atoms with Crippen LogP contribution < -0.4 is 5.76 Å². The molecule has 0 aliphatic heterocycles. The third-order valence-electron chi connectivity index (χ3n) is 3.46. The minimum atomic E-state index is -3.69. The minimum Gasteiger partial charge on any atom is -0.408 e. The van der Waals surface area contributed by atoms with Crippen molar-refractivity contribution in [3.63, 3.8) is 0 Å². The van der Waals surface area contributed by atoms with Crippen LogP contribution in [-0.4, -0.2) is 13.0 Å². The Kier molecular flexibility index (Phi) is 3.77. The van der Waals surface area contributed by atoms with E-state index in [0.717, 1.165) is 6.07 Å². The van der Waals surface area contributed by atoms with E-state index < -0.39 is 21.4 Å². The molecule has 120 valence electrons. The van der Waals surface area contributed by atoms with E-state index in [9.17, 15) is 17.6 Å². The molecule has 5 nitrogen and oxygen atoms in total. The van der Waals surface area contributed by atoms with Gasteiger partial charge in [0.05, 0.1) is 21.2 Å². The van der Waals surface area contributed by atoms with Gasteiger partial charge < -0.3 is 4.42 Å². The fourth-order valence-electron chi connectivity index (χ4n) is 2.24. The number of benzene rings is 2. The third kappa shape index (κ3) is 2.89. The van der Waals surface area contributed by atoms with Crippen molar-refractivity contribution in [1.82, 2.24) is 4.57 Å². The maximum absolute atomic E-state index is 13.1. The molecule has 0 spiro atoms. The molecule has 0 unspecified atom stereocenters. The number of oxazole rings is 1. The number of fused-ring (bicyclic) bond motifs is 1. The largest absolute Gasteiger partial charge is 0.419 e. The molecule has 0 aliphatic rings. The highest BCUT2D eigenvalue weighted by Gasteiger charge is 2.18. The van der Waals surface area contributed by atoms with E-state index in [2.05, 4.69) is 0 Å². The summed E-state index contributed by atoms with van der Waals surface area (Å²) in [6, 6.07) is 7.96. The third-order valence-corrected chi connectivity index (χ3v) is 5.44. The average molecular weight is 356 g/mol. The first kappa shape index (κ1) is 15.8. The summed E-state index contributed by atoms with van der Waals surface area (Å²) in [5.41, 5.74) is 1.06. The summed E-state index contributed by atoms with van der Waals surface area (Å²) >= 11 is 5.66. The standard InChI is InChI=1S/C15H11ClFNO4S/c1-18-13-5-3-10(7-14(13)22-15(18)19)23(20,21)8-9-2-4-12(17)11(16)6-9/h2-7H,8H2,1H3. The summed E-state index contributed by atoms with van der Waals surface area (Å²) < 4.78 is 44.4. The molecular weight excluding hydrogens is 345 g/mol. The lowest BCUT2D eigenvalue weighted by molar-refractivity contribution is 0.527. The van der Waals surface area contributed by atoms with Crippen molar-refractivity contribution in [3.8, 4) is 0 Å². The molecule has 8 heteroatoms. The van der Waals surface area contributed by atoms with Crippen molar-refractivity contribution >= 4 is 32.5 Å². The number of aryl methyl sites for hydroxylation is 1. The summed E-state index contributed by atoms with van der Waals surface area (Å²) in [6.07, 6.45) is 0. The van der Waals surface area contributed by atoms with Crippen molar-refractivity contribution in [2.24, 2.45) is 7.05 Å². The van der Waals surface area contributed by atoms with E-state index in [0.29, 0.717) is 11.1 Å². The Morgan fingerprint density at radius 3 is 2.65 bits per heavy atom. The molecule has 0 saturated heterocycles. The molecular formula is C15H11ClFNO4S. The van der Waals surface area contributed by atoms with Crippen LogP contribution in [0.3, 0.4) is 0 Å². The molecule has 3 rings (SSSR count). The Bertz CT molecular complexity index is 1070. The van der Waals surface area contributed by atoms with Crippen LogP contribution in [0.2, 0.25) is 5.02 Å². The van der Waals surface area contributed by atoms with Gasteiger partial charge in [-0.15, -0.1) is 0 Å². The van der Waals surface area contributed by atoms with E-state index in [1.165, 1.54) is 41.9 Å². The second-order valence-electron chi connectivity index (χ2n) is 5.06. The van der Waals surface area contributed by atoms with Crippen molar-refractivity contribution in [3.05, 3.63) is 63.4 Å². The van der Waals surface area contributed by atoms with Gasteiger partial charge in [-0.25, -0.2) is 17.6 Å². The molecule has 0 N–H and O–H groups in total. The Labute approximate surface area is 135 Å². The van der Waals surface area contributed by atoms with Gasteiger partial charge >= 0.3 is 5.76 Å². The van der Waals surface area contributed by atoms with Crippen LogP contribution in [0, 0.1) is 5.82 Å². The fraction of sp³-hybridized carbons (Fsp3) is 0.133. The maximum atomic E-state index is 13.1. The van der Waals surface area contributed by atoms with E-state index in [4.69, 9.17) is 16.0 Å². The predicted molar refractivity (Wildman–Crippen MR) is 83.8 cm³/mol. The van der Waals surface area contributed by atoms with Crippen molar-refractivity contribution in [2.45, 2.75) is 10.6 Å². The number of hydrogen-bond acceptors (Lipinski definition) is 4. The van der Waals surface area contributed by atoms with E-state index in [1.807, 2.05) is 0 Å². The zero-order valence-electron chi connectivity index (χ0n) is 11.9. The van der Waals surface area contributed by atoms with Crippen molar-refractivity contribution in [2.75, 3.05) is 0 Å². The van der Waals surface area contributed by atoms with Crippen LogP contribution in [0.1, 0.15) is 5.56 Å². The first-order chi connectivity index (χ1) is 10.8. The molecule has 0 radical (unpaired) electrons. The highest BCUT2D eigenvalue weighted by Crippen LogP contribution is 2.23. The highest BCUT2D eigenvalue weighted by molar-refractivity contribution is 7.90. The smallest absolute Gasteiger partial charge is 0.408 e. The highest BCUT2D eigenvalue weighted by atomic mass is 35.5. The number of hydrogen-bond donors (Lipinski definition) is 0. The second kappa shape index (κ2) is 5.50. The first-order valence-electron chi connectivity index (χ1n) is 6.54. The number of aromatic nitrogens is 1. The van der Waals surface area contributed by atoms with Crippen LogP contribution in [0.4, 0.5) is 4.39 Å². The second-order valence-corrected chi connectivity index (χ2v) is 7.46. The lowest BCUT2D eigenvalue weighted by Gasteiger charge is -2.06. The molecule has 1 heterocycles. The van der Waals surface area contributed by atoms with Gasteiger partial charge in [0.1, 0.15) is 5.82 Å². The van der Waals surface area contributed by atoms with Gasteiger partial charge in [0.15, 0.2) is 15.4 Å². The van der Waals surface area contributed by atoms with Gasteiger partial charge in [0, 0.05) is 13.1 Å². The summed E-state index contributed by atoms with van der Waals surface area (Å²) in [4.78, 5) is 11.5. The Balaban J connectivity index is 2.01. The SMILES string of the molecule is Cn1c(=O)oc2cc(S(=O)(=O)Cc3ccc(F)c(Cl)c3)ccc21. The predicted octanol–water partition coefficient (Wildman–Crippen LogP) is 2.90. The van der Waals surface area contributed by atoms with Crippen LogP contribution >= 0.6 is 11.6 Å². The number of nitrogens with zero attached hydrogens (tertiary/aromatic N) is 1. The number of halogens is 2. The van der Waals surface area contributed by atoms with Crippen LogP contribution in [0.15, 0.2) is 50.5 Å². The summed E-state index contributed by atoms with van der Waals surface area (Å²) in [5.74, 6) is -1.52. The minimum absolute atomic E-state index is 0.0137. The molecule has 2 aromatic carbocycles. The zero-order valence-corrected chi connectivity index (χ0v) is 13.5. The fourth-order valence-corrected chi connectivity index (χ4v) is 3.79. The first-order valence-corrected chi connectivity index (χ1v) is 8.57. The normalized spacial score (nSPS) is 12.0. The molecule has 23 heavy (non-hydrogen) atoms. The lowest BCUT2D eigenvalue weighted by Crippen LogP contribution is -2.08. The average Bonchev–Trinajstić information content (AvgIpc) is 2.77. The molecule has 3 aromatic rings. The van der Waals surface area contributed by atoms with Gasteiger partial charge in [-0.3, -0.25) is 4.57 Å². The van der Waals surface area contributed by atoms with Gasteiger partial charge in [0.25, 0.3) is 0 Å². The molecule has 0 fully saturated rings. The molecule has 0 amide bonds. The van der Waals surface area contributed by atoms with Crippen molar-refractivity contribution in [1.29, 1.82) is 0 Å². The monoisotopic (exact) mass is 355 g/mol. The summed E-state index contributed by atoms with van der Waals surface area (Å²) in [7, 11) is -2.16. The van der Waals surface area contributed by atoms with Gasteiger partial charge in [-0.2, -0.15) is 0 Å². The Morgan fingerprint density at radius 1 is 1.22 bits per heavy atom. The van der Waals surface area contributed by atoms with Gasteiger partial charge in [-0.1, -0.05) is 17.7 Å². The summed E-state index contributed by atoms with van der Waals surface area (Å²) in [6.45, 7) is 0. The van der Waals surface area contributed by atoms with Gasteiger partial charge in [-0.05, 0) is 29.8 Å². The molecule has 0 atom stereocenters.